The van der Waals surface area contributed by atoms with Crippen molar-refractivity contribution in [3.8, 4) is 11.3 Å². The zero-order chi connectivity index (χ0) is 16.8. The second kappa shape index (κ2) is 7.88. The van der Waals surface area contributed by atoms with Gasteiger partial charge in [-0.25, -0.2) is 4.68 Å². The Balaban J connectivity index is 1.99. The number of ketones is 1. The Kier molecular flexibility index (Phi) is 5.39. The fourth-order valence-corrected chi connectivity index (χ4v) is 2.73. The molecule has 0 fully saturated rings. The smallest absolute Gasteiger partial charge is 0.183 e. The van der Waals surface area contributed by atoms with Crippen molar-refractivity contribution in [3.63, 3.8) is 0 Å². The average Bonchev–Trinajstić information content (AvgIpc) is 3.05. The maximum Gasteiger partial charge on any atom is 0.183 e. The van der Waals surface area contributed by atoms with Gasteiger partial charge in [0.05, 0.1) is 6.54 Å². The van der Waals surface area contributed by atoms with Crippen LogP contribution in [-0.4, -0.2) is 26.7 Å². The summed E-state index contributed by atoms with van der Waals surface area (Å²) in [6.07, 6.45) is 1.04. The molecular formula is C19H18ClN3O. The lowest BCUT2D eigenvalue weighted by Crippen LogP contribution is -2.12. The second-order valence-corrected chi connectivity index (χ2v) is 5.89. The van der Waals surface area contributed by atoms with E-state index in [9.17, 15) is 4.79 Å². The quantitative estimate of drug-likeness (QED) is 0.479. The van der Waals surface area contributed by atoms with Gasteiger partial charge in [-0.05, 0) is 12.0 Å². The van der Waals surface area contributed by atoms with E-state index in [4.69, 9.17) is 11.6 Å². The van der Waals surface area contributed by atoms with Crippen LogP contribution in [0.4, 0.5) is 0 Å². The van der Waals surface area contributed by atoms with Crippen LogP contribution in [0.15, 0.2) is 60.7 Å². The summed E-state index contributed by atoms with van der Waals surface area (Å²) in [4.78, 5) is 12.7. The number of alkyl halides is 1. The zero-order valence-corrected chi connectivity index (χ0v) is 14.0. The molecule has 0 radical (unpaired) electrons. The van der Waals surface area contributed by atoms with Crippen LogP contribution in [0.5, 0.6) is 0 Å². The van der Waals surface area contributed by atoms with E-state index in [1.807, 2.05) is 60.7 Å². The fraction of sp³-hybridized carbons (Fsp3) is 0.211. The van der Waals surface area contributed by atoms with Gasteiger partial charge in [-0.15, -0.1) is 16.7 Å². The van der Waals surface area contributed by atoms with Gasteiger partial charge in [0.25, 0.3) is 0 Å². The fourth-order valence-electron chi connectivity index (χ4n) is 2.59. The van der Waals surface area contributed by atoms with Gasteiger partial charge in [-0.2, -0.15) is 0 Å². The minimum absolute atomic E-state index is 0.0236. The summed E-state index contributed by atoms with van der Waals surface area (Å²) in [7, 11) is 0. The highest BCUT2D eigenvalue weighted by Gasteiger charge is 2.21. The third-order valence-corrected chi connectivity index (χ3v) is 4.03. The average molecular weight is 340 g/mol. The standard InChI is InChI=1S/C19H18ClN3O/c20-13-7-12-17(24)19-18(16-10-5-2-6-11-16)21-22-23(19)14-15-8-3-1-4-9-15/h1-6,8-11H,7,12-14H2. The molecule has 0 aliphatic carbocycles. The summed E-state index contributed by atoms with van der Waals surface area (Å²) in [5, 5.41) is 8.50. The molecule has 3 rings (SSSR count). The predicted molar refractivity (Wildman–Crippen MR) is 95.3 cm³/mol. The summed E-state index contributed by atoms with van der Waals surface area (Å²) in [6.45, 7) is 0.516. The van der Waals surface area contributed by atoms with Crippen LogP contribution in [0.2, 0.25) is 0 Å². The summed E-state index contributed by atoms with van der Waals surface area (Å²) < 4.78 is 1.69. The zero-order valence-electron chi connectivity index (χ0n) is 13.2. The van der Waals surface area contributed by atoms with Crippen molar-refractivity contribution in [2.24, 2.45) is 0 Å². The topological polar surface area (TPSA) is 47.8 Å². The number of Topliss-reactive ketones (excluding diaryl/α,β-unsaturated/α-hetero) is 1. The number of hydrogen-bond donors (Lipinski definition) is 0. The molecule has 0 N–H and O–H groups in total. The van der Waals surface area contributed by atoms with Crippen LogP contribution >= 0.6 is 11.6 Å². The van der Waals surface area contributed by atoms with Crippen LogP contribution < -0.4 is 0 Å². The number of carbonyl (C=O) groups excluding carboxylic acids is 1. The number of benzene rings is 2. The normalized spacial score (nSPS) is 10.7. The van der Waals surface area contributed by atoms with Gasteiger partial charge in [0, 0.05) is 17.9 Å². The van der Waals surface area contributed by atoms with Gasteiger partial charge in [0.15, 0.2) is 5.78 Å². The maximum absolute atomic E-state index is 12.7. The first-order chi connectivity index (χ1) is 11.8. The summed E-state index contributed by atoms with van der Waals surface area (Å²) in [5.74, 6) is 0.488. The lowest BCUT2D eigenvalue weighted by Gasteiger charge is -2.07. The highest BCUT2D eigenvalue weighted by molar-refractivity contribution is 6.18. The van der Waals surface area contributed by atoms with Crippen LogP contribution in [-0.2, 0) is 6.54 Å². The lowest BCUT2D eigenvalue weighted by atomic mass is 10.1. The predicted octanol–water partition coefficient (Wildman–Crippen LogP) is 4.20. The number of rotatable bonds is 7. The SMILES string of the molecule is O=C(CCCCl)c1c(-c2ccccc2)nnn1Cc1ccccc1. The van der Waals surface area contributed by atoms with Gasteiger partial charge < -0.3 is 0 Å². The Morgan fingerprint density at radius 1 is 1.00 bits per heavy atom. The largest absolute Gasteiger partial charge is 0.292 e. The number of carbonyl (C=O) groups is 1. The highest BCUT2D eigenvalue weighted by atomic mass is 35.5. The van der Waals surface area contributed by atoms with Crippen molar-refractivity contribution in [3.05, 3.63) is 71.9 Å². The Bertz CT molecular complexity index is 800. The molecule has 0 aliphatic heterocycles. The number of hydrogen-bond acceptors (Lipinski definition) is 3. The molecule has 122 valence electrons. The maximum atomic E-state index is 12.7. The van der Waals surface area contributed by atoms with E-state index >= 15 is 0 Å². The molecule has 0 atom stereocenters. The summed E-state index contributed by atoms with van der Waals surface area (Å²) in [5.41, 5.74) is 3.15. The van der Waals surface area contributed by atoms with E-state index in [0.29, 0.717) is 36.7 Å². The number of halogens is 1. The van der Waals surface area contributed by atoms with Crippen LogP contribution in [0.1, 0.15) is 28.9 Å². The minimum atomic E-state index is 0.0236. The molecule has 0 unspecified atom stereocenters. The molecule has 2 aromatic carbocycles. The third kappa shape index (κ3) is 3.71. The Labute approximate surface area is 146 Å². The van der Waals surface area contributed by atoms with Gasteiger partial charge in [-0.1, -0.05) is 65.9 Å². The van der Waals surface area contributed by atoms with E-state index in [0.717, 1.165) is 11.1 Å². The van der Waals surface area contributed by atoms with Crippen molar-refractivity contribution in [1.29, 1.82) is 0 Å². The Morgan fingerprint density at radius 3 is 2.33 bits per heavy atom. The third-order valence-electron chi connectivity index (χ3n) is 3.76. The molecular weight excluding hydrogens is 322 g/mol. The van der Waals surface area contributed by atoms with Crippen molar-refractivity contribution >= 4 is 17.4 Å². The Morgan fingerprint density at radius 2 is 1.67 bits per heavy atom. The van der Waals surface area contributed by atoms with E-state index in [1.54, 1.807) is 4.68 Å². The molecule has 0 bridgehead atoms. The van der Waals surface area contributed by atoms with E-state index < -0.39 is 0 Å². The molecule has 0 aliphatic rings. The molecule has 3 aromatic rings. The molecule has 0 saturated carbocycles. The lowest BCUT2D eigenvalue weighted by molar-refractivity contribution is 0.0972. The van der Waals surface area contributed by atoms with E-state index in [1.165, 1.54) is 0 Å². The second-order valence-electron chi connectivity index (χ2n) is 5.51. The van der Waals surface area contributed by atoms with Crippen molar-refractivity contribution in [1.82, 2.24) is 15.0 Å². The first-order valence-corrected chi connectivity index (χ1v) is 8.45. The first-order valence-electron chi connectivity index (χ1n) is 7.91. The van der Waals surface area contributed by atoms with Crippen LogP contribution in [0.25, 0.3) is 11.3 Å². The molecule has 1 heterocycles. The number of nitrogens with zero attached hydrogens (tertiary/aromatic N) is 3. The van der Waals surface area contributed by atoms with Gasteiger partial charge in [0.2, 0.25) is 0 Å². The van der Waals surface area contributed by atoms with Gasteiger partial charge in [-0.3, -0.25) is 4.79 Å². The van der Waals surface area contributed by atoms with Crippen molar-refractivity contribution in [2.45, 2.75) is 19.4 Å². The van der Waals surface area contributed by atoms with E-state index in [-0.39, 0.29) is 5.78 Å². The van der Waals surface area contributed by atoms with Crippen LogP contribution in [0, 0.1) is 0 Å². The highest BCUT2D eigenvalue weighted by Crippen LogP contribution is 2.23. The first kappa shape index (κ1) is 16.4. The molecule has 5 heteroatoms. The van der Waals surface area contributed by atoms with Gasteiger partial charge in [0.1, 0.15) is 11.4 Å². The summed E-state index contributed by atoms with van der Waals surface area (Å²) in [6, 6.07) is 19.6. The van der Waals surface area contributed by atoms with Crippen LogP contribution in [0.3, 0.4) is 0 Å². The Hall–Kier alpha value is -2.46. The monoisotopic (exact) mass is 339 g/mol. The molecule has 4 nitrogen and oxygen atoms in total. The van der Waals surface area contributed by atoms with Crippen molar-refractivity contribution in [2.75, 3.05) is 5.88 Å². The number of aromatic nitrogens is 3. The van der Waals surface area contributed by atoms with Gasteiger partial charge >= 0.3 is 0 Å². The molecule has 0 saturated heterocycles. The molecule has 0 spiro atoms. The van der Waals surface area contributed by atoms with Crippen molar-refractivity contribution < 1.29 is 4.79 Å². The molecule has 0 amide bonds. The molecule has 24 heavy (non-hydrogen) atoms. The van der Waals surface area contributed by atoms with E-state index in [2.05, 4.69) is 10.3 Å². The molecule has 1 aromatic heterocycles. The minimum Gasteiger partial charge on any atom is -0.292 e. The summed E-state index contributed by atoms with van der Waals surface area (Å²) >= 11 is 5.74.